The molecule has 0 aromatic heterocycles. The Morgan fingerprint density at radius 3 is 2.36 bits per heavy atom. The summed E-state index contributed by atoms with van der Waals surface area (Å²) < 4.78 is 0. The van der Waals surface area contributed by atoms with Crippen LogP contribution >= 0.6 is 0 Å². The maximum absolute atomic E-state index is 13.9. The SMILES string of the molecule is NCCCCCC(=O)NCCCCNC(=O)NC(Cc1ccc2ccccc2c1)C(=O)N1CCCC(Cc2ccccc2)C1. The van der Waals surface area contributed by atoms with Gasteiger partial charge in [0.15, 0.2) is 0 Å². The summed E-state index contributed by atoms with van der Waals surface area (Å²) in [7, 11) is 0. The summed E-state index contributed by atoms with van der Waals surface area (Å²) in [5.41, 5.74) is 7.80. The molecule has 4 rings (SSSR count). The molecule has 8 nitrogen and oxygen atoms in total. The fourth-order valence-corrected chi connectivity index (χ4v) is 5.99. The Morgan fingerprint density at radius 2 is 1.57 bits per heavy atom. The number of hydrogen-bond acceptors (Lipinski definition) is 4. The van der Waals surface area contributed by atoms with Gasteiger partial charge in [0.2, 0.25) is 11.8 Å². The van der Waals surface area contributed by atoms with Crippen LogP contribution < -0.4 is 21.7 Å². The van der Waals surface area contributed by atoms with E-state index in [1.807, 2.05) is 29.2 Å². The first-order valence-electron chi connectivity index (χ1n) is 16.3. The summed E-state index contributed by atoms with van der Waals surface area (Å²) in [5.74, 6) is 0.434. The average Bonchev–Trinajstić information content (AvgIpc) is 3.04. The zero-order valence-corrected chi connectivity index (χ0v) is 25.9. The van der Waals surface area contributed by atoms with Crippen molar-refractivity contribution in [3.8, 4) is 0 Å². The fourth-order valence-electron chi connectivity index (χ4n) is 5.99. The smallest absolute Gasteiger partial charge is 0.315 e. The number of nitrogens with zero attached hydrogens (tertiary/aromatic N) is 1. The van der Waals surface area contributed by atoms with Crippen molar-refractivity contribution in [3.63, 3.8) is 0 Å². The minimum atomic E-state index is -0.662. The molecule has 0 spiro atoms. The third kappa shape index (κ3) is 11.0. The van der Waals surface area contributed by atoms with Gasteiger partial charge in [-0.1, -0.05) is 79.2 Å². The summed E-state index contributed by atoms with van der Waals surface area (Å²) in [5, 5.41) is 11.1. The summed E-state index contributed by atoms with van der Waals surface area (Å²) in [6, 6.07) is 23.8. The second kappa shape index (κ2) is 18.0. The lowest BCUT2D eigenvalue weighted by molar-refractivity contribution is -0.135. The highest BCUT2D eigenvalue weighted by Gasteiger charge is 2.30. The third-order valence-corrected chi connectivity index (χ3v) is 8.37. The fraction of sp³-hybridized carbons (Fsp3) is 0.472. The molecule has 44 heavy (non-hydrogen) atoms. The molecular formula is C36H49N5O3. The zero-order chi connectivity index (χ0) is 31.0. The second-order valence-corrected chi connectivity index (χ2v) is 12.0. The van der Waals surface area contributed by atoms with E-state index in [-0.39, 0.29) is 17.8 Å². The molecule has 0 bridgehead atoms. The van der Waals surface area contributed by atoms with Crippen LogP contribution in [0.15, 0.2) is 72.8 Å². The Morgan fingerprint density at radius 1 is 0.818 bits per heavy atom. The van der Waals surface area contributed by atoms with E-state index in [1.165, 1.54) is 5.56 Å². The lowest BCUT2D eigenvalue weighted by atomic mass is 9.90. The molecule has 8 heteroatoms. The van der Waals surface area contributed by atoms with Gasteiger partial charge in [-0.05, 0) is 79.3 Å². The zero-order valence-electron chi connectivity index (χ0n) is 25.9. The number of benzene rings is 3. The van der Waals surface area contributed by atoms with Gasteiger partial charge >= 0.3 is 6.03 Å². The van der Waals surface area contributed by atoms with Crippen molar-refractivity contribution in [2.75, 3.05) is 32.7 Å². The molecule has 3 aromatic carbocycles. The molecule has 2 unspecified atom stereocenters. The maximum atomic E-state index is 13.9. The van der Waals surface area contributed by atoms with Gasteiger partial charge in [0.1, 0.15) is 6.04 Å². The average molecular weight is 600 g/mol. The molecule has 1 fully saturated rings. The van der Waals surface area contributed by atoms with Crippen molar-refractivity contribution in [2.24, 2.45) is 11.7 Å². The molecule has 2 atom stereocenters. The lowest BCUT2D eigenvalue weighted by Crippen LogP contribution is -2.54. The number of unbranched alkanes of at least 4 members (excludes halogenated alkanes) is 3. The van der Waals surface area contributed by atoms with Gasteiger partial charge in [-0.2, -0.15) is 0 Å². The number of rotatable bonds is 16. The molecule has 0 aliphatic carbocycles. The summed E-state index contributed by atoms with van der Waals surface area (Å²) in [6.07, 6.45) is 8.23. The number of piperidine rings is 1. The minimum absolute atomic E-state index is 0.0276. The number of carbonyl (C=O) groups excluding carboxylic acids is 3. The number of likely N-dealkylation sites (tertiary alicyclic amines) is 1. The molecule has 236 valence electrons. The minimum Gasteiger partial charge on any atom is -0.356 e. The molecule has 1 aliphatic heterocycles. The van der Waals surface area contributed by atoms with E-state index in [0.29, 0.717) is 51.5 Å². The molecule has 5 N–H and O–H groups in total. The van der Waals surface area contributed by atoms with E-state index in [4.69, 9.17) is 5.73 Å². The van der Waals surface area contributed by atoms with Crippen LogP contribution in [0.5, 0.6) is 0 Å². The Labute approximate surface area is 262 Å². The first-order valence-corrected chi connectivity index (χ1v) is 16.3. The Hall–Kier alpha value is -3.91. The number of urea groups is 1. The Balaban J connectivity index is 1.30. The van der Waals surface area contributed by atoms with Crippen LogP contribution in [0.2, 0.25) is 0 Å². The molecule has 3 aromatic rings. The monoisotopic (exact) mass is 599 g/mol. The largest absolute Gasteiger partial charge is 0.356 e. The van der Waals surface area contributed by atoms with Gasteiger partial charge in [-0.3, -0.25) is 9.59 Å². The van der Waals surface area contributed by atoms with Crippen LogP contribution in [-0.2, 0) is 22.4 Å². The molecule has 0 radical (unpaired) electrons. The van der Waals surface area contributed by atoms with Crippen LogP contribution in [0.25, 0.3) is 10.8 Å². The van der Waals surface area contributed by atoms with E-state index >= 15 is 0 Å². The quantitative estimate of drug-likeness (QED) is 0.174. The molecule has 1 saturated heterocycles. The van der Waals surface area contributed by atoms with Crippen molar-refractivity contribution in [2.45, 2.75) is 70.3 Å². The molecule has 0 saturated carbocycles. The second-order valence-electron chi connectivity index (χ2n) is 12.0. The van der Waals surface area contributed by atoms with Gasteiger partial charge < -0.3 is 26.6 Å². The van der Waals surface area contributed by atoms with E-state index < -0.39 is 6.04 Å². The van der Waals surface area contributed by atoms with E-state index in [9.17, 15) is 14.4 Å². The first kappa shape index (κ1) is 33.0. The first-order chi connectivity index (χ1) is 21.5. The highest BCUT2D eigenvalue weighted by molar-refractivity contribution is 5.88. The van der Waals surface area contributed by atoms with E-state index in [1.54, 1.807) is 0 Å². The molecule has 4 amide bonds. The lowest BCUT2D eigenvalue weighted by Gasteiger charge is -2.35. The molecule has 1 heterocycles. The van der Waals surface area contributed by atoms with Gasteiger partial charge in [0, 0.05) is 39.0 Å². The van der Waals surface area contributed by atoms with Gasteiger partial charge in [0.05, 0.1) is 0 Å². The number of carbonyl (C=O) groups is 3. The Bertz CT molecular complexity index is 1330. The normalized spacial score (nSPS) is 15.5. The van der Waals surface area contributed by atoms with Crippen molar-refractivity contribution in [1.82, 2.24) is 20.9 Å². The predicted molar refractivity (Wildman–Crippen MR) is 177 cm³/mol. The van der Waals surface area contributed by atoms with Gasteiger partial charge in [-0.25, -0.2) is 4.79 Å². The highest BCUT2D eigenvalue weighted by Crippen LogP contribution is 2.23. The summed E-state index contributed by atoms with van der Waals surface area (Å²) in [4.78, 5) is 40.8. The number of hydrogen-bond donors (Lipinski definition) is 4. The standard InChI is InChI=1S/C36H49N5O3/c37-20-8-2-5-17-34(42)38-21-9-10-22-39-36(44)40-33(26-29-18-19-31-15-6-7-16-32(31)25-29)35(43)41-23-11-14-30(27-41)24-28-12-3-1-4-13-28/h1,3-4,6-7,12-13,15-16,18-19,25,30,33H,2,5,8-11,14,17,20-24,26-27,37H2,(H,38,42)(H2,39,40,44). The topological polar surface area (TPSA) is 117 Å². The van der Waals surface area contributed by atoms with Crippen LogP contribution in [0.3, 0.4) is 0 Å². The van der Waals surface area contributed by atoms with E-state index in [2.05, 4.69) is 64.5 Å². The highest BCUT2D eigenvalue weighted by atomic mass is 16.2. The third-order valence-electron chi connectivity index (χ3n) is 8.37. The van der Waals surface area contributed by atoms with Crippen LogP contribution in [0.1, 0.15) is 62.5 Å². The van der Waals surface area contributed by atoms with Crippen molar-refractivity contribution >= 4 is 28.6 Å². The molecule has 1 aliphatic rings. The maximum Gasteiger partial charge on any atom is 0.315 e. The number of fused-ring (bicyclic) bond motifs is 1. The number of nitrogens with one attached hydrogen (secondary N) is 3. The number of nitrogens with two attached hydrogens (primary N) is 1. The van der Waals surface area contributed by atoms with Crippen LogP contribution in [0, 0.1) is 5.92 Å². The van der Waals surface area contributed by atoms with Crippen molar-refractivity contribution in [1.29, 1.82) is 0 Å². The summed E-state index contributed by atoms with van der Waals surface area (Å²) in [6.45, 7) is 3.12. The van der Waals surface area contributed by atoms with Gasteiger partial charge in [0.25, 0.3) is 0 Å². The summed E-state index contributed by atoms with van der Waals surface area (Å²) >= 11 is 0. The van der Waals surface area contributed by atoms with Crippen molar-refractivity contribution < 1.29 is 14.4 Å². The van der Waals surface area contributed by atoms with Crippen molar-refractivity contribution in [3.05, 3.63) is 83.9 Å². The van der Waals surface area contributed by atoms with Crippen LogP contribution in [0.4, 0.5) is 4.79 Å². The Kier molecular flexibility index (Phi) is 13.5. The van der Waals surface area contributed by atoms with Gasteiger partial charge in [-0.15, -0.1) is 0 Å². The predicted octanol–water partition coefficient (Wildman–Crippen LogP) is 4.95. The van der Waals surface area contributed by atoms with E-state index in [0.717, 1.165) is 67.7 Å². The van der Waals surface area contributed by atoms with Crippen LogP contribution in [-0.4, -0.2) is 61.5 Å². The molecular weight excluding hydrogens is 550 g/mol. The number of amides is 4.